The molecule has 0 unspecified atom stereocenters. The molecule has 2 aromatic rings. The number of nitrogens with two attached hydrogens (primary N) is 4. The van der Waals surface area contributed by atoms with Crippen molar-refractivity contribution in [1.82, 2.24) is 30.4 Å². The Morgan fingerprint density at radius 3 is 1.15 bits per heavy atom. The lowest BCUT2D eigenvalue weighted by molar-refractivity contribution is -0.159. The Balaban J connectivity index is 0.000000272. The van der Waals surface area contributed by atoms with Crippen LogP contribution in [0.25, 0.3) is 0 Å². The zero-order valence-corrected chi connectivity index (χ0v) is 9.81. The quantitative estimate of drug-likeness (QED) is 0.227. The summed E-state index contributed by atoms with van der Waals surface area (Å²) in [5.74, 6) is -2.80. The van der Waals surface area contributed by atoms with Crippen molar-refractivity contribution in [2.24, 2.45) is 0 Å². The summed E-state index contributed by atoms with van der Waals surface area (Å²) < 4.78 is 0. The van der Waals surface area contributed by atoms with Crippen molar-refractivity contribution in [3.05, 3.63) is 0 Å². The minimum absolute atomic E-state index is 0.178. The van der Waals surface area contributed by atoms with Crippen molar-refractivity contribution >= 4 is 35.7 Å². The van der Waals surface area contributed by atoms with Gasteiger partial charge in [-0.05, 0) is 0 Å². The summed E-state index contributed by atoms with van der Waals surface area (Å²) in [5.41, 5.74) is 20.2. The molecule has 0 atom stereocenters. The molecule has 2 aromatic heterocycles. The molecular weight excluding hydrogens is 276 g/mol. The van der Waals surface area contributed by atoms with Crippen LogP contribution in [-0.2, 0) is 9.59 Å². The minimum Gasteiger partial charge on any atom is -0.473 e. The SMILES string of the molecule is Nc1n[nH]c(N)n1.Nc1n[nH]c(N)n1.O=C(O)C(=O)O. The lowest BCUT2D eigenvalue weighted by Gasteiger charge is -1.72. The Kier molecular flexibility index (Phi) is 6.31. The van der Waals surface area contributed by atoms with Gasteiger partial charge in [0.25, 0.3) is 0 Å². The Labute approximate surface area is 110 Å². The highest BCUT2D eigenvalue weighted by Gasteiger charge is 2.04. The highest BCUT2D eigenvalue weighted by Crippen LogP contribution is 1.90. The van der Waals surface area contributed by atoms with Crippen LogP contribution in [0.3, 0.4) is 0 Å². The maximum absolute atomic E-state index is 9.10. The van der Waals surface area contributed by atoms with Crippen LogP contribution < -0.4 is 22.9 Å². The number of nitrogen functional groups attached to an aromatic ring is 4. The van der Waals surface area contributed by atoms with Gasteiger partial charge in [-0.25, -0.2) is 19.8 Å². The largest absolute Gasteiger partial charge is 0.473 e. The first kappa shape index (κ1) is 16.4. The molecule has 0 bridgehead atoms. The summed E-state index contributed by atoms with van der Waals surface area (Å²) in [6.45, 7) is 0. The van der Waals surface area contributed by atoms with Crippen LogP contribution in [-0.4, -0.2) is 52.5 Å². The van der Waals surface area contributed by atoms with Crippen molar-refractivity contribution in [3.8, 4) is 0 Å². The summed E-state index contributed by atoms with van der Waals surface area (Å²) >= 11 is 0. The molecule has 0 aliphatic rings. The number of H-pyrrole nitrogens is 2. The average Bonchev–Trinajstić information content (AvgIpc) is 2.89. The fourth-order valence-electron chi connectivity index (χ4n) is 0.576. The number of hydrogen-bond donors (Lipinski definition) is 8. The molecule has 2 rings (SSSR count). The summed E-state index contributed by atoms with van der Waals surface area (Å²) in [5, 5.41) is 26.4. The normalized spacial score (nSPS) is 8.60. The van der Waals surface area contributed by atoms with Crippen LogP contribution in [0.15, 0.2) is 0 Å². The number of nitrogens with one attached hydrogen (secondary N) is 2. The second kappa shape index (κ2) is 7.69. The van der Waals surface area contributed by atoms with Gasteiger partial charge in [0.2, 0.25) is 23.8 Å². The zero-order chi connectivity index (χ0) is 15.7. The predicted octanol–water partition coefficient (Wildman–Crippen LogP) is -2.91. The number of hydrogen-bond acceptors (Lipinski definition) is 10. The van der Waals surface area contributed by atoms with Crippen molar-refractivity contribution < 1.29 is 19.8 Å². The van der Waals surface area contributed by atoms with E-state index in [1.807, 2.05) is 0 Å². The smallest absolute Gasteiger partial charge is 0.414 e. The Hall–Kier alpha value is -3.58. The summed E-state index contributed by atoms with van der Waals surface area (Å²) in [6, 6.07) is 0. The lowest BCUT2D eigenvalue weighted by atomic mass is 10.7. The number of aliphatic carboxylic acids is 2. The number of rotatable bonds is 0. The molecule has 0 aliphatic carbocycles. The van der Waals surface area contributed by atoms with E-state index >= 15 is 0 Å². The Morgan fingerprint density at radius 2 is 1.10 bits per heavy atom. The fraction of sp³-hybridized carbons (Fsp3) is 0. The highest BCUT2D eigenvalue weighted by atomic mass is 16.4. The number of carbonyl (C=O) groups is 2. The molecule has 110 valence electrons. The van der Waals surface area contributed by atoms with E-state index in [0.717, 1.165) is 0 Å². The second-order valence-corrected chi connectivity index (χ2v) is 2.77. The summed E-state index contributed by atoms with van der Waals surface area (Å²) in [4.78, 5) is 25.2. The first-order valence-corrected chi connectivity index (χ1v) is 4.55. The van der Waals surface area contributed by atoms with E-state index in [2.05, 4.69) is 30.4 Å². The van der Waals surface area contributed by atoms with Crippen LogP contribution in [0.2, 0.25) is 0 Å². The number of nitrogens with zero attached hydrogens (tertiary/aromatic N) is 4. The third kappa shape index (κ3) is 7.65. The number of carboxylic acids is 2. The monoisotopic (exact) mass is 288 g/mol. The van der Waals surface area contributed by atoms with Crippen molar-refractivity contribution in [2.45, 2.75) is 0 Å². The fourth-order valence-corrected chi connectivity index (χ4v) is 0.576. The van der Waals surface area contributed by atoms with Crippen LogP contribution in [0.1, 0.15) is 0 Å². The van der Waals surface area contributed by atoms with E-state index in [-0.39, 0.29) is 23.8 Å². The van der Waals surface area contributed by atoms with Gasteiger partial charge in [-0.15, -0.1) is 10.2 Å². The molecule has 0 radical (unpaired) electrons. The number of carboxylic acid groups (broad SMARTS) is 2. The van der Waals surface area contributed by atoms with Crippen LogP contribution in [0.4, 0.5) is 23.8 Å². The van der Waals surface area contributed by atoms with Gasteiger partial charge < -0.3 is 33.1 Å². The molecule has 0 aromatic carbocycles. The topological polar surface area (TPSA) is 262 Å². The second-order valence-electron chi connectivity index (χ2n) is 2.77. The maximum Gasteiger partial charge on any atom is 0.414 e. The van der Waals surface area contributed by atoms with Gasteiger partial charge in [0.1, 0.15) is 0 Å². The molecule has 14 nitrogen and oxygen atoms in total. The molecule has 0 spiro atoms. The third-order valence-electron chi connectivity index (χ3n) is 1.22. The van der Waals surface area contributed by atoms with Crippen molar-refractivity contribution in [2.75, 3.05) is 22.9 Å². The molecular formula is C6H12N10O4. The van der Waals surface area contributed by atoms with E-state index in [1.165, 1.54) is 0 Å². The van der Waals surface area contributed by atoms with E-state index in [4.69, 9.17) is 42.7 Å². The summed E-state index contributed by atoms with van der Waals surface area (Å²) in [7, 11) is 0. The van der Waals surface area contributed by atoms with E-state index in [0.29, 0.717) is 0 Å². The number of aromatic amines is 2. The van der Waals surface area contributed by atoms with Gasteiger partial charge >= 0.3 is 11.9 Å². The van der Waals surface area contributed by atoms with Gasteiger partial charge in [0, 0.05) is 0 Å². The first-order chi connectivity index (χ1) is 9.22. The van der Waals surface area contributed by atoms with E-state index in [1.54, 1.807) is 0 Å². The van der Waals surface area contributed by atoms with Gasteiger partial charge in [-0.1, -0.05) is 0 Å². The molecule has 0 saturated carbocycles. The third-order valence-corrected chi connectivity index (χ3v) is 1.22. The minimum atomic E-state index is -1.82. The molecule has 0 aliphatic heterocycles. The molecule has 0 saturated heterocycles. The Morgan fingerprint density at radius 1 is 0.800 bits per heavy atom. The van der Waals surface area contributed by atoms with Gasteiger partial charge in [-0.2, -0.15) is 9.97 Å². The number of aromatic nitrogens is 6. The standard InChI is InChI=1S/2C2H5N5.C2H2O4/c2*3-1-5-2(4)7-6-1;3-1(4)2(5)6/h2*(H5,3,4,5,6,7);(H,3,4)(H,5,6). The maximum atomic E-state index is 9.10. The lowest BCUT2D eigenvalue weighted by Crippen LogP contribution is -2.09. The molecule has 0 fully saturated rings. The van der Waals surface area contributed by atoms with Gasteiger partial charge in [-0.3, -0.25) is 0 Å². The van der Waals surface area contributed by atoms with Gasteiger partial charge in [0.05, 0.1) is 0 Å². The van der Waals surface area contributed by atoms with Gasteiger partial charge in [0.15, 0.2) is 0 Å². The molecule has 20 heavy (non-hydrogen) atoms. The first-order valence-electron chi connectivity index (χ1n) is 4.55. The van der Waals surface area contributed by atoms with Crippen LogP contribution >= 0.6 is 0 Å². The van der Waals surface area contributed by atoms with Crippen LogP contribution in [0, 0.1) is 0 Å². The molecule has 0 amide bonds. The average molecular weight is 288 g/mol. The van der Waals surface area contributed by atoms with E-state index < -0.39 is 11.9 Å². The van der Waals surface area contributed by atoms with Crippen LogP contribution in [0.5, 0.6) is 0 Å². The summed E-state index contributed by atoms with van der Waals surface area (Å²) in [6.07, 6.45) is 0. The van der Waals surface area contributed by atoms with Crippen molar-refractivity contribution in [1.29, 1.82) is 0 Å². The predicted molar refractivity (Wildman–Crippen MR) is 65.7 cm³/mol. The Bertz CT molecular complexity index is 478. The molecule has 2 heterocycles. The number of anilines is 4. The van der Waals surface area contributed by atoms with Crippen molar-refractivity contribution in [3.63, 3.8) is 0 Å². The highest BCUT2D eigenvalue weighted by molar-refractivity contribution is 6.27. The molecule has 12 N–H and O–H groups in total. The zero-order valence-electron chi connectivity index (χ0n) is 9.81. The van der Waals surface area contributed by atoms with E-state index in [9.17, 15) is 0 Å². The molecule has 14 heteroatoms.